The van der Waals surface area contributed by atoms with Gasteiger partial charge >= 0.3 is 5.97 Å². The van der Waals surface area contributed by atoms with Crippen molar-refractivity contribution in [2.45, 2.75) is 50.2 Å². The highest BCUT2D eigenvalue weighted by molar-refractivity contribution is 5.99. The van der Waals surface area contributed by atoms with Gasteiger partial charge in [-0.1, -0.05) is 0 Å². The Kier molecular flexibility index (Phi) is 2.95. The van der Waals surface area contributed by atoms with Gasteiger partial charge in [0.1, 0.15) is 12.1 Å². The zero-order valence-corrected chi connectivity index (χ0v) is 10.9. The van der Waals surface area contributed by atoms with Gasteiger partial charge in [-0.15, -0.1) is 0 Å². The van der Waals surface area contributed by atoms with Gasteiger partial charge in [0.2, 0.25) is 11.8 Å². The maximum absolute atomic E-state index is 12.5. The van der Waals surface area contributed by atoms with Crippen molar-refractivity contribution in [2.24, 2.45) is 5.92 Å². The van der Waals surface area contributed by atoms with Gasteiger partial charge < -0.3 is 15.0 Å². The van der Waals surface area contributed by atoms with E-state index in [9.17, 15) is 14.4 Å². The Labute approximate surface area is 111 Å². The van der Waals surface area contributed by atoms with Gasteiger partial charge in [-0.2, -0.15) is 0 Å². The second kappa shape index (κ2) is 4.51. The summed E-state index contributed by atoms with van der Waals surface area (Å²) in [6.07, 6.45) is 3.92. The third-order valence-electron chi connectivity index (χ3n) is 4.62. The van der Waals surface area contributed by atoms with Crippen molar-refractivity contribution in [2.75, 3.05) is 7.11 Å². The smallest absolute Gasteiger partial charge is 0.308 e. The average molecular weight is 266 g/mol. The standard InChI is InChI=1S/C13H18N2O4/c1-19-10(16)6-9-13(18)15-8-4-2-7(3-5-8)11(15)12(17)14-9/h7-9,11H,2-6H2,1H3,(H,14,17)/t7?,8?,9-,11-/m0/s1. The molecule has 0 aromatic carbocycles. The number of hydrogen-bond donors (Lipinski definition) is 1. The molecule has 3 heterocycles. The van der Waals surface area contributed by atoms with E-state index in [1.54, 1.807) is 4.90 Å². The zero-order chi connectivity index (χ0) is 13.6. The maximum Gasteiger partial charge on any atom is 0.308 e. The highest BCUT2D eigenvalue weighted by Crippen LogP contribution is 2.41. The minimum atomic E-state index is -0.754. The molecule has 2 atom stereocenters. The van der Waals surface area contributed by atoms with Gasteiger partial charge in [0.05, 0.1) is 13.5 Å². The van der Waals surface area contributed by atoms with Crippen LogP contribution in [0.25, 0.3) is 0 Å². The summed E-state index contributed by atoms with van der Waals surface area (Å²) in [6.45, 7) is 0. The molecule has 0 unspecified atom stereocenters. The van der Waals surface area contributed by atoms with E-state index in [1.165, 1.54) is 7.11 Å². The molecule has 1 N–H and O–H groups in total. The number of rotatable bonds is 2. The number of nitrogens with one attached hydrogen (secondary N) is 1. The quantitative estimate of drug-likeness (QED) is 0.703. The molecule has 3 aliphatic heterocycles. The molecule has 0 radical (unpaired) electrons. The van der Waals surface area contributed by atoms with Gasteiger partial charge in [0, 0.05) is 6.04 Å². The van der Waals surface area contributed by atoms with Crippen LogP contribution < -0.4 is 5.32 Å². The number of piperazine rings is 1. The number of esters is 1. The van der Waals surface area contributed by atoms with E-state index in [1.807, 2.05) is 0 Å². The van der Waals surface area contributed by atoms with Crippen molar-refractivity contribution in [3.05, 3.63) is 0 Å². The molecule has 4 fully saturated rings. The van der Waals surface area contributed by atoms with Gasteiger partial charge in [-0.05, 0) is 31.6 Å². The van der Waals surface area contributed by atoms with Crippen molar-refractivity contribution in [1.29, 1.82) is 0 Å². The molecule has 4 rings (SSSR count). The number of fused-ring (bicyclic) bond motifs is 2. The third-order valence-corrected chi connectivity index (χ3v) is 4.62. The fourth-order valence-corrected chi connectivity index (χ4v) is 3.69. The monoisotopic (exact) mass is 266 g/mol. The molecule has 104 valence electrons. The summed E-state index contributed by atoms with van der Waals surface area (Å²) in [5.41, 5.74) is 0. The molecule has 2 bridgehead atoms. The highest BCUT2D eigenvalue weighted by Gasteiger charge is 2.52. The number of piperidine rings is 2. The van der Waals surface area contributed by atoms with E-state index < -0.39 is 12.0 Å². The maximum atomic E-state index is 12.5. The molecule has 0 spiro atoms. The van der Waals surface area contributed by atoms with E-state index >= 15 is 0 Å². The number of amides is 2. The first-order chi connectivity index (χ1) is 9.11. The molecule has 0 aromatic rings. The van der Waals surface area contributed by atoms with Crippen molar-refractivity contribution in [3.8, 4) is 0 Å². The average Bonchev–Trinajstić information content (AvgIpc) is 2.44. The van der Waals surface area contributed by atoms with E-state index in [-0.39, 0.29) is 36.2 Å². The molecule has 2 amide bonds. The lowest BCUT2D eigenvalue weighted by molar-refractivity contribution is -0.164. The molecule has 1 aliphatic carbocycles. The first-order valence-corrected chi connectivity index (χ1v) is 6.81. The molecule has 1 saturated carbocycles. The Morgan fingerprint density at radius 3 is 2.63 bits per heavy atom. The second-order valence-corrected chi connectivity index (χ2v) is 5.60. The number of ether oxygens (including phenoxy) is 1. The van der Waals surface area contributed by atoms with Crippen LogP contribution in [0.1, 0.15) is 32.1 Å². The zero-order valence-electron chi connectivity index (χ0n) is 10.9. The lowest BCUT2D eigenvalue weighted by Gasteiger charge is -2.53. The van der Waals surface area contributed by atoms with Crippen LogP contribution in [0.2, 0.25) is 0 Å². The minimum Gasteiger partial charge on any atom is -0.469 e. The first kappa shape index (κ1) is 12.4. The Balaban J connectivity index is 1.82. The van der Waals surface area contributed by atoms with Crippen LogP contribution >= 0.6 is 0 Å². The summed E-state index contributed by atoms with van der Waals surface area (Å²) < 4.78 is 4.57. The normalized spacial score (nSPS) is 36.8. The summed E-state index contributed by atoms with van der Waals surface area (Å²) in [7, 11) is 1.28. The summed E-state index contributed by atoms with van der Waals surface area (Å²) in [5.74, 6) is -0.417. The second-order valence-electron chi connectivity index (χ2n) is 5.60. The predicted molar refractivity (Wildman–Crippen MR) is 64.9 cm³/mol. The molecule has 4 aliphatic rings. The van der Waals surface area contributed by atoms with Crippen LogP contribution in [0.3, 0.4) is 0 Å². The van der Waals surface area contributed by atoms with Crippen LogP contribution in [0.15, 0.2) is 0 Å². The lowest BCUT2D eigenvalue weighted by atomic mass is 9.73. The van der Waals surface area contributed by atoms with Crippen molar-refractivity contribution in [1.82, 2.24) is 10.2 Å². The molecule has 19 heavy (non-hydrogen) atoms. The van der Waals surface area contributed by atoms with Crippen molar-refractivity contribution < 1.29 is 19.1 Å². The minimum absolute atomic E-state index is 0.0817. The number of hydrogen-bond acceptors (Lipinski definition) is 4. The number of carbonyl (C=O) groups excluding carboxylic acids is 3. The third kappa shape index (κ3) is 1.89. The Morgan fingerprint density at radius 2 is 2.00 bits per heavy atom. The van der Waals surface area contributed by atoms with Crippen LogP contribution in [-0.2, 0) is 19.1 Å². The van der Waals surface area contributed by atoms with Crippen LogP contribution in [-0.4, -0.2) is 47.9 Å². The van der Waals surface area contributed by atoms with E-state index in [0.717, 1.165) is 25.7 Å². The Hall–Kier alpha value is -1.59. The van der Waals surface area contributed by atoms with Gasteiger partial charge in [0.25, 0.3) is 0 Å². The first-order valence-electron chi connectivity index (χ1n) is 6.81. The van der Waals surface area contributed by atoms with E-state index in [4.69, 9.17) is 0 Å². The predicted octanol–water partition coefficient (Wildman–Crippen LogP) is -0.182. The molecule has 6 nitrogen and oxygen atoms in total. The molecule has 0 aromatic heterocycles. The fraction of sp³-hybridized carbons (Fsp3) is 0.769. The van der Waals surface area contributed by atoms with Gasteiger partial charge in [-0.25, -0.2) is 0 Å². The Morgan fingerprint density at radius 1 is 1.32 bits per heavy atom. The number of nitrogens with zero attached hydrogens (tertiary/aromatic N) is 1. The van der Waals surface area contributed by atoms with Crippen LogP contribution in [0.4, 0.5) is 0 Å². The largest absolute Gasteiger partial charge is 0.469 e. The topological polar surface area (TPSA) is 75.7 Å². The van der Waals surface area contributed by atoms with Crippen molar-refractivity contribution in [3.63, 3.8) is 0 Å². The summed E-state index contributed by atoms with van der Waals surface area (Å²) >= 11 is 0. The van der Waals surface area contributed by atoms with Crippen molar-refractivity contribution >= 4 is 17.8 Å². The summed E-state index contributed by atoms with van der Waals surface area (Å²) in [4.78, 5) is 37.7. The summed E-state index contributed by atoms with van der Waals surface area (Å²) in [5, 5.41) is 2.68. The molecule has 3 saturated heterocycles. The Bertz CT molecular complexity index is 428. The van der Waals surface area contributed by atoms with Gasteiger partial charge in [-0.3, -0.25) is 14.4 Å². The number of carbonyl (C=O) groups is 3. The lowest BCUT2D eigenvalue weighted by Crippen LogP contribution is -2.71. The van der Waals surface area contributed by atoms with Crippen LogP contribution in [0.5, 0.6) is 0 Å². The summed E-state index contributed by atoms with van der Waals surface area (Å²) in [6, 6.07) is -0.891. The van der Waals surface area contributed by atoms with Crippen LogP contribution in [0, 0.1) is 5.92 Å². The van der Waals surface area contributed by atoms with E-state index in [2.05, 4.69) is 10.1 Å². The van der Waals surface area contributed by atoms with E-state index in [0.29, 0.717) is 0 Å². The molecule has 6 heteroatoms. The molecular formula is C13H18N2O4. The molecular weight excluding hydrogens is 248 g/mol. The number of methoxy groups -OCH3 is 1. The SMILES string of the molecule is COC(=O)C[C@@H]1NC(=O)[C@@H]2C3CCC(CC3)N2C1=O. The fourth-order valence-electron chi connectivity index (χ4n) is 3.69. The van der Waals surface area contributed by atoms with Gasteiger partial charge in [0.15, 0.2) is 0 Å². The highest BCUT2D eigenvalue weighted by atomic mass is 16.5.